The Balaban J connectivity index is 2.32. The van der Waals surface area contributed by atoms with Crippen molar-refractivity contribution in [2.24, 2.45) is 0 Å². The minimum absolute atomic E-state index is 0.179. The first-order chi connectivity index (χ1) is 14.6. The molecule has 0 aliphatic rings. The van der Waals surface area contributed by atoms with E-state index in [1.54, 1.807) is 19.1 Å². The molecular formula is C22H28ClN3O4S. The summed E-state index contributed by atoms with van der Waals surface area (Å²) in [6, 6.07) is 14.7. The lowest BCUT2D eigenvalue weighted by Gasteiger charge is -2.31. The molecule has 0 aliphatic heterocycles. The van der Waals surface area contributed by atoms with Gasteiger partial charge in [0, 0.05) is 18.1 Å². The number of hydrogen-bond donors (Lipinski definition) is 1. The van der Waals surface area contributed by atoms with Gasteiger partial charge in [0.1, 0.15) is 12.6 Å². The summed E-state index contributed by atoms with van der Waals surface area (Å²) in [5.74, 6) is -0.771. The Bertz CT molecular complexity index is 982. The quantitative estimate of drug-likeness (QED) is 0.584. The zero-order valence-corrected chi connectivity index (χ0v) is 19.5. The summed E-state index contributed by atoms with van der Waals surface area (Å²) in [7, 11) is -3.75. The van der Waals surface area contributed by atoms with Crippen molar-refractivity contribution in [3.63, 3.8) is 0 Å². The van der Waals surface area contributed by atoms with Crippen LogP contribution in [0.4, 0.5) is 5.69 Å². The Labute approximate surface area is 189 Å². The third-order valence-corrected chi connectivity index (χ3v) is 6.10. The van der Waals surface area contributed by atoms with Crippen LogP contribution in [0, 0.1) is 0 Å². The molecule has 9 heteroatoms. The van der Waals surface area contributed by atoms with Gasteiger partial charge in [0.05, 0.1) is 11.9 Å². The van der Waals surface area contributed by atoms with Gasteiger partial charge in [0.2, 0.25) is 21.8 Å². The predicted molar refractivity (Wildman–Crippen MR) is 123 cm³/mol. The normalized spacial score (nSPS) is 12.1. The smallest absolute Gasteiger partial charge is 0.244 e. The SMILES string of the molecule is CCCNC(=O)[C@@H](C)N(Cc1ccccc1)C(=O)CN(c1ccc(Cl)cc1)S(C)(=O)=O. The predicted octanol–water partition coefficient (Wildman–Crippen LogP) is 3.05. The van der Waals surface area contributed by atoms with Crippen LogP contribution in [0.1, 0.15) is 25.8 Å². The molecule has 0 saturated heterocycles. The Morgan fingerprint density at radius 2 is 1.68 bits per heavy atom. The second kappa shape index (κ2) is 11.2. The van der Waals surface area contributed by atoms with E-state index >= 15 is 0 Å². The maximum Gasteiger partial charge on any atom is 0.244 e. The van der Waals surface area contributed by atoms with Crippen LogP contribution in [0.15, 0.2) is 54.6 Å². The summed E-state index contributed by atoms with van der Waals surface area (Å²) in [5.41, 5.74) is 1.16. The molecular weight excluding hydrogens is 438 g/mol. The topological polar surface area (TPSA) is 86.8 Å². The van der Waals surface area contributed by atoms with Gasteiger partial charge in [0.15, 0.2) is 0 Å². The first kappa shape index (κ1) is 24.7. The molecule has 0 aromatic heterocycles. The number of sulfonamides is 1. The second-order valence-corrected chi connectivity index (χ2v) is 9.56. The first-order valence-corrected chi connectivity index (χ1v) is 12.2. The van der Waals surface area contributed by atoms with E-state index in [-0.39, 0.29) is 12.5 Å². The molecule has 1 atom stereocenters. The highest BCUT2D eigenvalue weighted by Gasteiger charge is 2.29. The van der Waals surface area contributed by atoms with Crippen LogP contribution < -0.4 is 9.62 Å². The van der Waals surface area contributed by atoms with Crippen molar-refractivity contribution < 1.29 is 18.0 Å². The third-order valence-electron chi connectivity index (χ3n) is 4.71. The summed E-state index contributed by atoms with van der Waals surface area (Å²) < 4.78 is 25.9. The van der Waals surface area contributed by atoms with Crippen LogP contribution in [0.3, 0.4) is 0 Å². The summed E-state index contributed by atoms with van der Waals surface area (Å²) in [6.07, 6.45) is 1.80. The van der Waals surface area contributed by atoms with E-state index < -0.39 is 28.5 Å². The van der Waals surface area contributed by atoms with Gasteiger partial charge in [-0.3, -0.25) is 13.9 Å². The monoisotopic (exact) mass is 465 g/mol. The molecule has 7 nitrogen and oxygen atoms in total. The van der Waals surface area contributed by atoms with E-state index in [1.165, 1.54) is 17.0 Å². The van der Waals surface area contributed by atoms with Gasteiger partial charge in [-0.15, -0.1) is 0 Å². The zero-order valence-electron chi connectivity index (χ0n) is 17.9. The van der Waals surface area contributed by atoms with Gasteiger partial charge < -0.3 is 10.2 Å². The van der Waals surface area contributed by atoms with Crippen LogP contribution in [-0.4, -0.2) is 50.5 Å². The highest BCUT2D eigenvalue weighted by atomic mass is 35.5. The van der Waals surface area contributed by atoms with E-state index in [0.717, 1.165) is 22.5 Å². The Hall–Kier alpha value is -2.58. The summed E-state index contributed by atoms with van der Waals surface area (Å²) >= 11 is 5.91. The number of nitrogens with one attached hydrogen (secondary N) is 1. The van der Waals surface area contributed by atoms with Crippen molar-refractivity contribution in [3.8, 4) is 0 Å². The lowest BCUT2D eigenvalue weighted by molar-refractivity contribution is -0.139. The number of carbonyl (C=O) groups is 2. The Kier molecular flexibility index (Phi) is 8.88. The number of amides is 2. The molecule has 0 saturated carbocycles. The summed E-state index contributed by atoms with van der Waals surface area (Å²) in [6.45, 7) is 3.82. The molecule has 1 N–H and O–H groups in total. The number of nitrogens with zero attached hydrogens (tertiary/aromatic N) is 2. The van der Waals surface area contributed by atoms with Gasteiger partial charge in [0.25, 0.3) is 0 Å². The maximum absolute atomic E-state index is 13.3. The lowest BCUT2D eigenvalue weighted by atomic mass is 10.1. The van der Waals surface area contributed by atoms with Gasteiger partial charge in [-0.25, -0.2) is 8.42 Å². The second-order valence-electron chi connectivity index (χ2n) is 7.22. The van der Waals surface area contributed by atoms with E-state index in [2.05, 4.69) is 5.32 Å². The van der Waals surface area contributed by atoms with Crippen LogP contribution in [0.25, 0.3) is 0 Å². The Morgan fingerprint density at radius 3 is 2.23 bits per heavy atom. The van der Waals surface area contributed by atoms with Crippen molar-refractivity contribution in [1.29, 1.82) is 0 Å². The summed E-state index contributed by atoms with van der Waals surface area (Å²) in [5, 5.41) is 3.25. The lowest BCUT2D eigenvalue weighted by Crippen LogP contribution is -2.51. The average molecular weight is 466 g/mol. The van der Waals surface area contributed by atoms with Crippen molar-refractivity contribution >= 4 is 39.1 Å². The minimum atomic E-state index is -3.75. The average Bonchev–Trinajstić information content (AvgIpc) is 2.74. The molecule has 2 aromatic carbocycles. The standard InChI is InChI=1S/C22H28ClN3O4S/c1-4-14-24-22(28)17(2)25(15-18-8-6-5-7-9-18)21(27)16-26(31(3,29)30)20-12-10-19(23)11-13-20/h5-13,17H,4,14-16H2,1-3H3,(H,24,28)/t17-/m1/s1. The number of carbonyl (C=O) groups excluding carboxylic acids is 2. The molecule has 0 bridgehead atoms. The number of benzene rings is 2. The fourth-order valence-electron chi connectivity index (χ4n) is 2.98. The van der Waals surface area contributed by atoms with E-state index in [0.29, 0.717) is 17.3 Å². The molecule has 2 rings (SSSR count). The van der Waals surface area contributed by atoms with Crippen molar-refractivity contribution in [1.82, 2.24) is 10.2 Å². The largest absolute Gasteiger partial charge is 0.354 e. The molecule has 0 unspecified atom stereocenters. The highest BCUT2D eigenvalue weighted by molar-refractivity contribution is 7.92. The van der Waals surface area contributed by atoms with E-state index in [1.807, 2.05) is 37.3 Å². The molecule has 168 valence electrons. The van der Waals surface area contributed by atoms with E-state index in [4.69, 9.17) is 11.6 Å². The molecule has 0 spiro atoms. The summed E-state index contributed by atoms with van der Waals surface area (Å²) in [4.78, 5) is 27.3. The first-order valence-electron chi connectivity index (χ1n) is 9.98. The van der Waals surface area contributed by atoms with Gasteiger partial charge in [-0.2, -0.15) is 0 Å². The third kappa shape index (κ3) is 7.25. The molecule has 2 aromatic rings. The molecule has 0 fully saturated rings. The van der Waals surface area contributed by atoms with Crippen LogP contribution >= 0.6 is 11.6 Å². The van der Waals surface area contributed by atoms with Crippen molar-refractivity contribution in [2.75, 3.05) is 23.7 Å². The van der Waals surface area contributed by atoms with Crippen LogP contribution in [-0.2, 0) is 26.2 Å². The molecule has 0 heterocycles. The molecule has 2 amide bonds. The number of hydrogen-bond acceptors (Lipinski definition) is 4. The number of rotatable bonds is 10. The molecule has 0 radical (unpaired) electrons. The minimum Gasteiger partial charge on any atom is -0.354 e. The maximum atomic E-state index is 13.3. The zero-order chi connectivity index (χ0) is 23.0. The van der Waals surface area contributed by atoms with Crippen LogP contribution in [0.5, 0.6) is 0 Å². The number of anilines is 1. The van der Waals surface area contributed by atoms with Crippen molar-refractivity contribution in [2.45, 2.75) is 32.9 Å². The van der Waals surface area contributed by atoms with Gasteiger partial charge >= 0.3 is 0 Å². The van der Waals surface area contributed by atoms with Crippen LogP contribution in [0.2, 0.25) is 5.02 Å². The van der Waals surface area contributed by atoms with E-state index in [9.17, 15) is 18.0 Å². The van der Waals surface area contributed by atoms with Gasteiger partial charge in [-0.05, 0) is 43.2 Å². The van der Waals surface area contributed by atoms with Crippen molar-refractivity contribution in [3.05, 3.63) is 65.2 Å². The molecule has 0 aliphatic carbocycles. The Morgan fingerprint density at radius 1 is 1.06 bits per heavy atom. The fourth-order valence-corrected chi connectivity index (χ4v) is 3.96. The number of halogens is 1. The highest BCUT2D eigenvalue weighted by Crippen LogP contribution is 2.21. The van der Waals surface area contributed by atoms with Gasteiger partial charge in [-0.1, -0.05) is 48.9 Å². The molecule has 31 heavy (non-hydrogen) atoms. The fraction of sp³-hybridized carbons (Fsp3) is 0.364.